The zero-order chi connectivity index (χ0) is 13.4. The molecule has 1 aliphatic carbocycles. The van der Waals surface area contributed by atoms with Crippen LogP contribution in [0.4, 0.5) is 5.69 Å². The Hall–Kier alpha value is -1.63. The summed E-state index contributed by atoms with van der Waals surface area (Å²) in [5, 5.41) is 15.3. The van der Waals surface area contributed by atoms with Gasteiger partial charge < -0.3 is 10.5 Å². The van der Waals surface area contributed by atoms with Crippen LogP contribution in [0.3, 0.4) is 0 Å². The van der Waals surface area contributed by atoms with E-state index in [4.69, 9.17) is 10.5 Å². The van der Waals surface area contributed by atoms with Gasteiger partial charge in [-0.15, -0.1) is 0 Å². The van der Waals surface area contributed by atoms with Crippen LogP contribution in [0.2, 0.25) is 0 Å². The lowest BCUT2D eigenvalue weighted by Crippen LogP contribution is -2.43. The number of rotatable bonds is 4. The minimum atomic E-state index is -0.420. The highest BCUT2D eigenvalue weighted by Gasteiger charge is 2.35. The smallest absolute Gasteiger partial charge is 0.353 e. The second-order valence-electron chi connectivity index (χ2n) is 5.05. The Morgan fingerprint density at radius 3 is 2.61 bits per heavy atom. The van der Waals surface area contributed by atoms with E-state index in [-0.39, 0.29) is 29.6 Å². The first-order chi connectivity index (χ1) is 8.40. The molecule has 0 spiro atoms. The molecule has 7 nitrogen and oxygen atoms in total. The Morgan fingerprint density at radius 2 is 2.17 bits per heavy atom. The normalized spacial score (nSPS) is 22.9. The highest BCUT2D eigenvalue weighted by atomic mass is 16.6. The van der Waals surface area contributed by atoms with Crippen molar-refractivity contribution in [1.82, 2.24) is 9.78 Å². The number of nitro groups is 1. The number of ether oxygens (including phenoxy) is 1. The Kier molecular flexibility index (Phi) is 3.25. The summed E-state index contributed by atoms with van der Waals surface area (Å²) >= 11 is 0. The summed E-state index contributed by atoms with van der Waals surface area (Å²) in [4.78, 5) is 10.7. The fourth-order valence-electron chi connectivity index (χ4n) is 2.07. The van der Waals surface area contributed by atoms with Gasteiger partial charge in [0.15, 0.2) is 0 Å². The summed E-state index contributed by atoms with van der Waals surface area (Å²) in [6.45, 7) is 3.75. The van der Waals surface area contributed by atoms with E-state index in [2.05, 4.69) is 5.10 Å². The molecule has 0 bridgehead atoms. The Bertz CT molecular complexity index is 463. The van der Waals surface area contributed by atoms with Gasteiger partial charge in [0, 0.05) is 19.0 Å². The standard InChI is InChI=1S/C11H18N4O3/c1-6(2)9-10(15(16)17)11(14(3)13-9)18-8-4-7(12)5-8/h6-8H,4-5,12H2,1-3H3. The van der Waals surface area contributed by atoms with Crippen molar-refractivity contribution in [1.29, 1.82) is 0 Å². The fourth-order valence-corrected chi connectivity index (χ4v) is 2.07. The van der Waals surface area contributed by atoms with Crippen molar-refractivity contribution in [2.75, 3.05) is 0 Å². The van der Waals surface area contributed by atoms with E-state index in [1.165, 1.54) is 4.68 Å². The fraction of sp³-hybridized carbons (Fsp3) is 0.727. The lowest BCUT2D eigenvalue weighted by molar-refractivity contribution is -0.387. The maximum Gasteiger partial charge on any atom is 0.353 e. The minimum absolute atomic E-state index is 0.0161. The van der Waals surface area contributed by atoms with Crippen LogP contribution < -0.4 is 10.5 Å². The molecular weight excluding hydrogens is 236 g/mol. The molecule has 2 N–H and O–H groups in total. The van der Waals surface area contributed by atoms with Crippen LogP contribution in [-0.2, 0) is 7.05 Å². The molecule has 0 aromatic carbocycles. The zero-order valence-electron chi connectivity index (χ0n) is 10.8. The van der Waals surface area contributed by atoms with Crippen LogP contribution >= 0.6 is 0 Å². The average molecular weight is 254 g/mol. The Labute approximate surface area is 105 Å². The summed E-state index contributed by atoms with van der Waals surface area (Å²) < 4.78 is 7.10. The lowest BCUT2D eigenvalue weighted by atomic mass is 9.90. The van der Waals surface area contributed by atoms with Gasteiger partial charge in [0.25, 0.3) is 5.88 Å². The molecular formula is C11H18N4O3. The van der Waals surface area contributed by atoms with Crippen LogP contribution in [0.15, 0.2) is 0 Å². The highest BCUT2D eigenvalue weighted by Crippen LogP contribution is 2.37. The number of aromatic nitrogens is 2. The Balaban J connectivity index is 2.30. The van der Waals surface area contributed by atoms with Crippen molar-refractivity contribution in [3.8, 4) is 5.88 Å². The van der Waals surface area contributed by atoms with Gasteiger partial charge in [0.2, 0.25) is 0 Å². The molecule has 1 fully saturated rings. The summed E-state index contributed by atoms with van der Waals surface area (Å²) in [5.41, 5.74) is 6.11. The van der Waals surface area contributed by atoms with E-state index in [1.54, 1.807) is 7.05 Å². The zero-order valence-corrected chi connectivity index (χ0v) is 10.8. The van der Waals surface area contributed by atoms with Crippen molar-refractivity contribution >= 4 is 5.69 Å². The van der Waals surface area contributed by atoms with Crippen LogP contribution in [0.5, 0.6) is 5.88 Å². The summed E-state index contributed by atoms with van der Waals surface area (Å²) in [6.07, 6.45) is 1.44. The maximum atomic E-state index is 11.2. The van der Waals surface area contributed by atoms with Crippen molar-refractivity contribution < 1.29 is 9.66 Å². The monoisotopic (exact) mass is 254 g/mol. The van der Waals surface area contributed by atoms with E-state index < -0.39 is 4.92 Å². The molecule has 100 valence electrons. The largest absolute Gasteiger partial charge is 0.470 e. The quantitative estimate of drug-likeness (QED) is 0.645. The van der Waals surface area contributed by atoms with Gasteiger partial charge >= 0.3 is 5.69 Å². The third kappa shape index (κ3) is 2.17. The van der Waals surface area contributed by atoms with E-state index >= 15 is 0 Å². The predicted molar refractivity (Wildman–Crippen MR) is 65.6 cm³/mol. The number of nitrogens with two attached hydrogens (primary N) is 1. The first-order valence-corrected chi connectivity index (χ1v) is 6.03. The maximum absolute atomic E-state index is 11.2. The van der Waals surface area contributed by atoms with Crippen LogP contribution in [0.25, 0.3) is 0 Å². The molecule has 0 saturated heterocycles. The molecule has 0 atom stereocenters. The first-order valence-electron chi connectivity index (χ1n) is 6.03. The SMILES string of the molecule is CC(C)c1nn(C)c(OC2CC(N)C2)c1[N+](=O)[O-]. The summed E-state index contributed by atoms with van der Waals surface area (Å²) in [7, 11) is 1.66. The van der Waals surface area contributed by atoms with Gasteiger partial charge in [-0.1, -0.05) is 13.8 Å². The molecule has 1 saturated carbocycles. The minimum Gasteiger partial charge on any atom is -0.470 e. The van der Waals surface area contributed by atoms with E-state index in [9.17, 15) is 10.1 Å². The molecule has 1 aromatic heterocycles. The highest BCUT2D eigenvalue weighted by molar-refractivity contribution is 5.47. The summed E-state index contributed by atoms with van der Waals surface area (Å²) in [6, 6.07) is 0.145. The van der Waals surface area contributed by atoms with Crippen molar-refractivity contribution in [2.24, 2.45) is 12.8 Å². The second kappa shape index (κ2) is 4.56. The topological polar surface area (TPSA) is 96.2 Å². The lowest BCUT2D eigenvalue weighted by Gasteiger charge is -2.31. The molecule has 2 rings (SSSR count). The molecule has 0 radical (unpaired) electrons. The second-order valence-corrected chi connectivity index (χ2v) is 5.05. The van der Waals surface area contributed by atoms with Crippen molar-refractivity contribution in [2.45, 2.75) is 44.8 Å². The number of nitrogens with zero attached hydrogens (tertiary/aromatic N) is 3. The number of aryl methyl sites for hydroxylation is 1. The van der Waals surface area contributed by atoms with Crippen LogP contribution in [0.1, 0.15) is 38.3 Å². The van der Waals surface area contributed by atoms with Gasteiger partial charge in [0.1, 0.15) is 11.8 Å². The molecule has 1 heterocycles. The van der Waals surface area contributed by atoms with Crippen molar-refractivity contribution in [3.63, 3.8) is 0 Å². The van der Waals surface area contributed by atoms with Gasteiger partial charge in [-0.3, -0.25) is 10.1 Å². The molecule has 0 aliphatic heterocycles. The molecule has 18 heavy (non-hydrogen) atoms. The predicted octanol–water partition coefficient (Wildman–Crippen LogP) is 1.32. The molecule has 1 aromatic rings. The average Bonchev–Trinajstić information content (AvgIpc) is 2.54. The summed E-state index contributed by atoms with van der Waals surface area (Å²) in [5.74, 6) is 0.221. The van der Waals surface area contributed by atoms with E-state index in [0.29, 0.717) is 5.69 Å². The molecule has 0 amide bonds. The van der Waals surface area contributed by atoms with Gasteiger partial charge in [-0.2, -0.15) is 5.10 Å². The number of hydrogen-bond donors (Lipinski definition) is 1. The third-order valence-electron chi connectivity index (χ3n) is 3.14. The van der Waals surface area contributed by atoms with Gasteiger partial charge in [-0.05, 0) is 12.8 Å². The van der Waals surface area contributed by atoms with E-state index in [0.717, 1.165) is 12.8 Å². The number of hydrogen-bond acceptors (Lipinski definition) is 5. The van der Waals surface area contributed by atoms with Crippen molar-refractivity contribution in [3.05, 3.63) is 15.8 Å². The third-order valence-corrected chi connectivity index (χ3v) is 3.14. The first kappa shape index (κ1) is 12.8. The van der Waals surface area contributed by atoms with Gasteiger partial charge in [-0.25, -0.2) is 4.68 Å². The molecule has 0 unspecified atom stereocenters. The van der Waals surface area contributed by atoms with Crippen LogP contribution in [0, 0.1) is 10.1 Å². The Morgan fingerprint density at radius 1 is 1.56 bits per heavy atom. The molecule has 7 heteroatoms. The van der Waals surface area contributed by atoms with Crippen LogP contribution in [-0.4, -0.2) is 26.8 Å². The molecule has 1 aliphatic rings. The van der Waals surface area contributed by atoms with Gasteiger partial charge in [0.05, 0.1) is 4.92 Å². The van der Waals surface area contributed by atoms with E-state index in [1.807, 2.05) is 13.8 Å².